The molecule has 5 nitrogen and oxygen atoms in total. The molecule has 0 radical (unpaired) electrons. The first kappa shape index (κ1) is 25.1. The van der Waals surface area contributed by atoms with Crippen LogP contribution in [0.4, 0.5) is 0 Å². The molecule has 0 aliphatic heterocycles. The SMILES string of the molecule is CCc1c(C(=O)O)c(CC(C)CCCC(C)(C)OC)nn1-c1ccc(C(C)(C)C)cc1. The van der Waals surface area contributed by atoms with Crippen molar-refractivity contribution in [1.82, 2.24) is 9.78 Å². The molecule has 1 atom stereocenters. The van der Waals surface area contributed by atoms with E-state index < -0.39 is 5.97 Å². The molecular weight excluding hydrogens is 388 g/mol. The van der Waals surface area contributed by atoms with Crippen LogP contribution in [0.25, 0.3) is 5.69 Å². The van der Waals surface area contributed by atoms with E-state index in [4.69, 9.17) is 9.84 Å². The second-order valence-electron chi connectivity index (χ2n) is 10.3. The molecule has 31 heavy (non-hydrogen) atoms. The number of hydrogen-bond donors (Lipinski definition) is 1. The van der Waals surface area contributed by atoms with Gasteiger partial charge in [-0.05, 0) is 62.1 Å². The minimum atomic E-state index is -0.892. The van der Waals surface area contributed by atoms with Crippen LogP contribution < -0.4 is 0 Å². The molecule has 0 bridgehead atoms. The van der Waals surface area contributed by atoms with Crippen molar-refractivity contribution < 1.29 is 14.6 Å². The topological polar surface area (TPSA) is 64.3 Å². The predicted octanol–water partition coefficient (Wildman–Crippen LogP) is 6.20. The van der Waals surface area contributed by atoms with Crippen LogP contribution in [0.15, 0.2) is 24.3 Å². The Hall–Kier alpha value is -2.14. The smallest absolute Gasteiger partial charge is 0.339 e. The van der Waals surface area contributed by atoms with Gasteiger partial charge < -0.3 is 9.84 Å². The second-order valence-corrected chi connectivity index (χ2v) is 10.3. The number of nitrogens with zero attached hydrogens (tertiary/aromatic N) is 2. The summed E-state index contributed by atoms with van der Waals surface area (Å²) in [5.74, 6) is -0.542. The van der Waals surface area contributed by atoms with Crippen molar-refractivity contribution in [2.45, 2.75) is 91.6 Å². The number of ether oxygens (including phenoxy) is 1. The Balaban J connectivity index is 2.28. The van der Waals surface area contributed by atoms with E-state index in [9.17, 15) is 9.90 Å². The maximum absolute atomic E-state index is 12.1. The van der Waals surface area contributed by atoms with Gasteiger partial charge in [-0.25, -0.2) is 9.48 Å². The molecule has 0 saturated carbocycles. The maximum Gasteiger partial charge on any atom is 0.339 e. The van der Waals surface area contributed by atoms with Gasteiger partial charge in [0.2, 0.25) is 0 Å². The summed E-state index contributed by atoms with van der Waals surface area (Å²) in [7, 11) is 1.75. The van der Waals surface area contributed by atoms with E-state index in [1.165, 1.54) is 5.56 Å². The predicted molar refractivity (Wildman–Crippen MR) is 126 cm³/mol. The molecule has 0 spiro atoms. The fourth-order valence-electron chi connectivity index (χ4n) is 3.95. The number of aromatic carboxylic acids is 1. The third kappa shape index (κ3) is 6.42. The van der Waals surface area contributed by atoms with Gasteiger partial charge in [0, 0.05) is 7.11 Å². The summed E-state index contributed by atoms with van der Waals surface area (Å²) in [6.07, 6.45) is 4.32. The summed E-state index contributed by atoms with van der Waals surface area (Å²) in [6.45, 7) is 14.9. The number of carboxylic acids is 1. The van der Waals surface area contributed by atoms with Crippen molar-refractivity contribution in [3.8, 4) is 5.69 Å². The highest BCUT2D eigenvalue weighted by molar-refractivity contribution is 5.90. The third-order valence-corrected chi connectivity index (χ3v) is 6.15. The van der Waals surface area contributed by atoms with E-state index in [0.29, 0.717) is 30.0 Å². The molecule has 0 fully saturated rings. The Labute approximate surface area is 187 Å². The number of carbonyl (C=O) groups is 1. The summed E-state index contributed by atoms with van der Waals surface area (Å²) >= 11 is 0. The zero-order valence-electron chi connectivity index (χ0n) is 20.6. The Bertz CT molecular complexity index is 873. The van der Waals surface area contributed by atoms with Crippen LogP contribution >= 0.6 is 0 Å². The minimum Gasteiger partial charge on any atom is -0.478 e. The maximum atomic E-state index is 12.1. The van der Waals surface area contributed by atoms with Crippen LogP contribution in [0.1, 0.15) is 95.0 Å². The lowest BCUT2D eigenvalue weighted by Gasteiger charge is -2.23. The van der Waals surface area contributed by atoms with E-state index in [0.717, 1.165) is 30.6 Å². The average molecular weight is 429 g/mol. The standard InChI is InChI=1S/C26H40N2O3/c1-9-22-23(24(29)30)21(17-18(2)11-10-16-26(6,7)31-8)27-28(22)20-14-12-19(13-15-20)25(3,4)5/h12-15,18H,9-11,16-17H2,1-8H3,(H,29,30). The normalized spacial score (nSPS) is 13.4. The number of benzene rings is 1. The highest BCUT2D eigenvalue weighted by atomic mass is 16.5. The fourth-order valence-corrected chi connectivity index (χ4v) is 3.95. The quantitative estimate of drug-likeness (QED) is 0.489. The zero-order valence-corrected chi connectivity index (χ0v) is 20.6. The van der Waals surface area contributed by atoms with Crippen molar-refractivity contribution in [3.63, 3.8) is 0 Å². The molecule has 1 aromatic carbocycles. The van der Waals surface area contributed by atoms with Crippen LogP contribution in [0.2, 0.25) is 0 Å². The molecule has 1 N–H and O–H groups in total. The van der Waals surface area contributed by atoms with Crippen LogP contribution in [0.3, 0.4) is 0 Å². The number of methoxy groups -OCH3 is 1. The molecule has 5 heteroatoms. The summed E-state index contributed by atoms with van der Waals surface area (Å²) in [5.41, 5.74) is 3.91. The molecule has 0 saturated heterocycles. The third-order valence-electron chi connectivity index (χ3n) is 6.15. The largest absolute Gasteiger partial charge is 0.478 e. The van der Waals surface area contributed by atoms with Gasteiger partial charge in [0.25, 0.3) is 0 Å². The van der Waals surface area contributed by atoms with Gasteiger partial charge in [-0.1, -0.05) is 59.6 Å². The van der Waals surface area contributed by atoms with Gasteiger partial charge in [-0.3, -0.25) is 0 Å². The average Bonchev–Trinajstić information content (AvgIpc) is 3.05. The summed E-state index contributed by atoms with van der Waals surface area (Å²) in [4.78, 5) is 12.1. The van der Waals surface area contributed by atoms with Crippen molar-refractivity contribution in [3.05, 3.63) is 46.8 Å². The molecule has 2 rings (SSSR count). The highest BCUT2D eigenvalue weighted by Gasteiger charge is 2.25. The van der Waals surface area contributed by atoms with Crippen LogP contribution in [0, 0.1) is 5.92 Å². The Morgan fingerprint density at radius 2 is 1.77 bits per heavy atom. The van der Waals surface area contributed by atoms with E-state index in [1.807, 2.05) is 23.7 Å². The first-order valence-electron chi connectivity index (χ1n) is 11.4. The highest BCUT2D eigenvalue weighted by Crippen LogP contribution is 2.27. The van der Waals surface area contributed by atoms with Gasteiger partial charge in [0.05, 0.1) is 22.7 Å². The molecule has 2 aromatic rings. The lowest BCUT2D eigenvalue weighted by Crippen LogP contribution is -2.22. The number of rotatable bonds is 10. The number of aromatic nitrogens is 2. The summed E-state index contributed by atoms with van der Waals surface area (Å²) in [5, 5.41) is 14.7. The Morgan fingerprint density at radius 1 is 1.16 bits per heavy atom. The molecule has 0 amide bonds. The summed E-state index contributed by atoms with van der Waals surface area (Å²) in [6, 6.07) is 8.30. The lowest BCUT2D eigenvalue weighted by molar-refractivity contribution is 0.0127. The minimum absolute atomic E-state index is 0.0699. The molecule has 1 unspecified atom stereocenters. The second kappa shape index (κ2) is 9.99. The van der Waals surface area contributed by atoms with Crippen LogP contribution in [-0.4, -0.2) is 33.6 Å². The Kier molecular flexibility index (Phi) is 8.09. The molecule has 1 aromatic heterocycles. The summed E-state index contributed by atoms with van der Waals surface area (Å²) < 4.78 is 7.33. The Morgan fingerprint density at radius 3 is 2.26 bits per heavy atom. The molecule has 1 heterocycles. The van der Waals surface area contributed by atoms with E-state index in [-0.39, 0.29) is 11.0 Å². The van der Waals surface area contributed by atoms with E-state index >= 15 is 0 Å². The van der Waals surface area contributed by atoms with Gasteiger partial charge in [0.15, 0.2) is 0 Å². The van der Waals surface area contributed by atoms with Crippen molar-refractivity contribution in [1.29, 1.82) is 0 Å². The zero-order chi connectivity index (χ0) is 23.4. The van der Waals surface area contributed by atoms with Crippen molar-refractivity contribution in [2.75, 3.05) is 7.11 Å². The lowest BCUT2D eigenvalue weighted by atomic mass is 9.87. The number of hydrogen-bond acceptors (Lipinski definition) is 3. The molecule has 0 aliphatic carbocycles. The number of carboxylic acid groups (broad SMARTS) is 1. The van der Waals surface area contributed by atoms with Crippen LogP contribution in [-0.2, 0) is 23.0 Å². The van der Waals surface area contributed by atoms with Gasteiger partial charge >= 0.3 is 5.97 Å². The first-order chi connectivity index (χ1) is 14.4. The van der Waals surface area contributed by atoms with E-state index in [2.05, 4.69) is 53.7 Å². The molecular formula is C26H40N2O3. The molecule has 0 aliphatic rings. The van der Waals surface area contributed by atoms with Crippen molar-refractivity contribution >= 4 is 5.97 Å². The van der Waals surface area contributed by atoms with Gasteiger partial charge in [-0.2, -0.15) is 5.10 Å². The van der Waals surface area contributed by atoms with Gasteiger partial charge in [-0.15, -0.1) is 0 Å². The van der Waals surface area contributed by atoms with E-state index in [1.54, 1.807) is 7.11 Å². The fraction of sp³-hybridized carbons (Fsp3) is 0.615. The van der Waals surface area contributed by atoms with Crippen molar-refractivity contribution in [2.24, 2.45) is 5.92 Å². The monoisotopic (exact) mass is 428 g/mol. The first-order valence-corrected chi connectivity index (χ1v) is 11.4. The van der Waals surface area contributed by atoms with Gasteiger partial charge in [0.1, 0.15) is 5.56 Å². The van der Waals surface area contributed by atoms with Crippen LogP contribution in [0.5, 0.6) is 0 Å². The molecule has 172 valence electrons.